The molecule has 0 aromatic heterocycles. The smallest absolute Gasteiger partial charge is 0.339 e. The average Bonchev–Trinajstić information content (AvgIpc) is 3.80. The first-order valence-electron chi connectivity index (χ1n) is 15.8. The molecule has 6 fully saturated rings. The highest BCUT2D eigenvalue weighted by molar-refractivity contribution is 7.87. The zero-order valence-electron chi connectivity index (χ0n) is 23.5. The minimum Gasteiger partial charge on any atom is -0.379 e. The normalized spacial score (nSPS) is 37.3. The van der Waals surface area contributed by atoms with E-state index in [-0.39, 0.29) is 22.5 Å². The van der Waals surface area contributed by atoms with E-state index in [4.69, 9.17) is 4.18 Å². The van der Waals surface area contributed by atoms with E-state index in [0.29, 0.717) is 34.5 Å². The van der Waals surface area contributed by atoms with E-state index in [1.54, 1.807) is 0 Å². The lowest BCUT2D eigenvalue weighted by Crippen LogP contribution is -2.23. The van der Waals surface area contributed by atoms with Crippen molar-refractivity contribution < 1.29 is 25.6 Å². The Morgan fingerprint density at radius 1 is 0.610 bits per heavy atom. The summed E-state index contributed by atoms with van der Waals surface area (Å²) in [5.41, 5.74) is 3.39. The van der Waals surface area contributed by atoms with E-state index in [9.17, 15) is 21.4 Å². The van der Waals surface area contributed by atoms with Crippen molar-refractivity contribution >= 4 is 20.2 Å². The van der Waals surface area contributed by atoms with Gasteiger partial charge in [0, 0.05) is 0 Å². The van der Waals surface area contributed by atoms with Crippen molar-refractivity contribution in [3.05, 3.63) is 53.1 Å². The summed E-state index contributed by atoms with van der Waals surface area (Å²) in [4.78, 5) is 0.126. The molecule has 0 aliphatic heterocycles. The van der Waals surface area contributed by atoms with Gasteiger partial charge >= 0.3 is 10.1 Å². The summed E-state index contributed by atoms with van der Waals surface area (Å²) in [5, 5.41) is 0. The van der Waals surface area contributed by atoms with Crippen molar-refractivity contribution in [2.45, 2.75) is 105 Å². The van der Waals surface area contributed by atoms with Crippen LogP contribution >= 0.6 is 0 Å². The van der Waals surface area contributed by atoms with Gasteiger partial charge in [0.25, 0.3) is 10.1 Å². The largest absolute Gasteiger partial charge is 0.379 e. The Kier molecular flexibility index (Phi) is 6.22. The van der Waals surface area contributed by atoms with Gasteiger partial charge in [0.2, 0.25) is 0 Å². The minimum absolute atomic E-state index is 0.0624. The molecule has 1 N–H and O–H groups in total. The van der Waals surface area contributed by atoms with Gasteiger partial charge in [-0.3, -0.25) is 4.55 Å². The first-order valence-corrected chi connectivity index (χ1v) is 18.7. The monoisotopic (exact) mass is 596 g/mol. The molecule has 0 heterocycles. The predicted octanol–water partition coefficient (Wildman–Crippen LogP) is 7.41. The topological polar surface area (TPSA) is 97.7 Å². The molecule has 7 unspecified atom stereocenters. The summed E-state index contributed by atoms with van der Waals surface area (Å²) in [6.45, 7) is 0. The summed E-state index contributed by atoms with van der Waals surface area (Å²) in [6.07, 6.45) is 14.6. The molecule has 8 rings (SSSR count). The molecule has 0 amide bonds. The molecule has 41 heavy (non-hydrogen) atoms. The van der Waals surface area contributed by atoms with E-state index in [1.165, 1.54) is 94.0 Å². The average molecular weight is 597 g/mol. The number of hydrogen-bond acceptors (Lipinski definition) is 5. The second kappa shape index (κ2) is 9.55. The molecular formula is C33H40O6S2. The van der Waals surface area contributed by atoms with E-state index in [1.807, 2.05) is 0 Å². The van der Waals surface area contributed by atoms with Crippen LogP contribution in [0.2, 0.25) is 0 Å². The second-order valence-corrected chi connectivity index (χ2v) is 17.3. The fourth-order valence-electron chi connectivity index (χ4n) is 10.5. The number of rotatable bonds is 7. The molecule has 220 valence electrons. The zero-order valence-corrected chi connectivity index (χ0v) is 25.1. The summed E-state index contributed by atoms with van der Waals surface area (Å²) in [7, 11) is -8.58. The number of hydrogen-bond donors (Lipinski definition) is 1. The van der Waals surface area contributed by atoms with Crippen molar-refractivity contribution in [1.82, 2.24) is 0 Å². The lowest BCUT2D eigenvalue weighted by Gasteiger charge is -2.32. The molecule has 6 saturated carbocycles. The van der Waals surface area contributed by atoms with E-state index in [2.05, 4.69) is 12.1 Å². The quantitative estimate of drug-likeness (QED) is 0.264. The zero-order chi connectivity index (χ0) is 28.1. The van der Waals surface area contributed by atoms with Crippen LogP contribution in [0.5, 0.6) is 5.75 Å². The van der Waals surface area contributed by atoms with Gasteiger partial charge < -0.3 is 4.18 Å². The van der Waals surface area contributed by atoms with Crippen molar-refractivity contribution in [3.8, 4) is 5.75 Å². The maximum atomic E-state index is 14.4. The van der Waals surface area contributed by atoms with Crippen molar-refractivity contribution in [1.29, 1.82) is 0 Å². The van der Waals surface area contributed by atoms with Gasteiger partial charge in [-0.2, -0.15) is 16.8 Å². The SMILES string of the molecule is O=S(=O)(O)c1ccc(OS(=O)(=O)c2c(C3CC4CCC3C4)cc(C3CC4CC[C@H]3C4)cc2C2C[C@@H]3CCC2C3)cc1. The van der Waals surface area contributed by atoms with Gasteiger partial charge in [0.1, 0.15) is 10.6 Å². The third-order valence-electron chi connectivity index (χ3n) is 12.2. The summed E-state index contributed by atoms with van der Waals surface area (Å²) in [6, 6.07) is 9.60. The molecule has 0 spiro atoms. The summed E-state index contributed by atoms with van der Waals surface area (Å²) < 4.78 is 67.1. The Labute approximate surface area is 244 Å². The molecule has 6 bridgehead atoms. The van der Waals surface area contributed by atoms with Gasteiger partial charge in [-0.05, 0) is 152 Å². The Balaban J connectivity index is 1.26. The van der Waals surface area contributed by atoms with Crippen LogP contribution in [0.25, 0.3) is 0 Å². The molecule has 2 aromatic carbocycles. The molecule has 0 radical (unpaired) electrons. The Morgan fingerprint density at radius 3 is 1.46 bits per heavy atom. The fourth-order valence-corrected chi connectivity index (χ4v) is 12.4. The highest BCUT2D eigenvalue weighted by Crippen LogP contribution is 2.60. The highest BCUT2D eigenvalue weighted by atomic mass is 32.2. The number of benzene rings is 2. The fraction of sp³-hybridized carbons (Fsp3) is 0.636. The molecule has 6 aliphatic carbocycles. The van der Waals surface area contributed by atoms with Gasteiger partial charge in [0.15, 0.2) is 0 Å². The van der Waals surface area contributed by atoms with E-state index >= 15 is 0 Å². The van der Waals surface area contributed by atoms with Crippen LogP contribution in [0.3, 0.4) is 0 Å². The summed E-state index contributed by atoms with van der Waals surface area (Å²) >= 11 is 0. The second-order valence-electron chi connectivity index (χ2n) is 14.4. The van der Waals surface area contributed by atoms with Crippen LogP contribution in [-0.2, 0) is 20.2 Å². The molecule has 8 heteroatoms. The van der Waals surface area contributed by atoms with Crippen molar-refractivity contribution in [2.24, 2.45) is 35.5 Å². The van der Waals surface area contributed by atoms with Crippen molar-refractivity contribution in [3.63, 3.8) is 0 Å². The molecule has 6 nitrogen and oxygen atoms in total. The van der Waals surface area contributed by atoms with Crippen LogP contribution in [0.4, 0.5) is 0 Å². The highest BCUT2D eigenvalue weighted by Gasteiger charge is 2.48. The Hall–Kier alpha value is -1.90. The molecule has 0 saturated heterocycles. The maximum Gasteiger partial charge on any atom is 0.339 e. The van der Waals surface area contributed by atoms with Crippen LogP contribution in [0.15, 0.2) is 46.2 Å². The van der Waals surface area contributed by atoms with Crippen LogP contribution < -0.4 is 4.18 Å². The standard InChI is InChI=1S/C33H40O6S2/c34-40(35,36)27-9-7-26(8-10-27)39-41(37,38)33-31(29-15-20-2-5-23(29)12-20)17-25(28-14-19-1-4-22(28)11-19)18-32(33)30-16-21-3-6-24(30)13-21/h7-10,17-24,28-30H,1-6,11-16H2,(H,34,35,36)/t19?,20-,21?,22+,23?,24?,28?,29?,30?/m1/s1. The van der Waals surface area contributed by atoms with Gasteiger partial charge in [-0.15, -0.1) is 0 Å². The van der Waals surface area contributed by atoms with Gasteiger partial charge in [0.05, 0.1) is 4.90 Å². The lowest BCUT2D eigenvalue weighted by molar-refractivity contribution is 0.392. The minimum atomic E-state index is -4.38. The van der Waals surface area contributed by atoms with E-state index < -0.39 is 20.2 Å². The third kappa shape index (κ3) is 4.58. The number of fused-ring (bicyclic) bond motifs is 6. The van der Waals surface area contributed by atoms with Crippen LogP contribution in [0, 0.1) is 35.5 Å². The molecular weight excluding hydrogens is 556 g/mol. The lowest BCUT2D eigenvalue weighted by atomic mass is 9.75. The van der Waals surface area contributed by atoms with E-state index in [0.717, 1.165) is 35.8 Å². The molecule has 9 atom stereocenters. The van der Waals surface area contributed by atoms with Crippen molar-refractivity contribution in [2.75, 3.05) is 0 Å². The molecule has 2 aromatic rings. The Morgan fingerprint density at radius 2 is 1.07 bits per heavy atom. The first-order chi connectivity index (χ1) is 19.6. The predicted molar refractivity (Wildman–Crippen MR) is 155 cm³/mol. The maximum absolute atomic E-state index is 14.4. The summed E-state index contributed by atoms with van der Waals surface area (Å²) in [5.74, 6) is 5.08. The van der Waals surface area contributed by atoms with Crippen LogP contribution in [-0.4, -0.2) is 21.4 Å². The Bertz CT molecular complexity index is 1530. The van der Waals surface area contributed by atoms with Gasteiger partial charge in [-0.25, -0.2) is 0 Å². The van der Waals surface area contributed by atoms with Crippen LogP contribution in [0.1, 0.15) is 111 Å². The third-order valence-corrected chi connectivity index (χ3v) is 14.4. The molecule has 6 aliphatic rings. The first kappa shape index (κ1) is 26.7. The van der Waals surface area contributed by atoms with Gasteiger partial charge in [-0.1, -0.05) is 31.4 Å².